The minimum absolute atomic E-state index is 0.419. The molecule has 3 aromatic rings. The molecule has 0 radical (unpaired) electrons. The average molecular weight is 412 g/mol. The van der Waals surface area contributed by atoms with Crippen molar-refractivity contribution in [3.8, 4) is 0 Å². The van der Waals surface area contributed by atoms with Crippen molar-refractivity contribution in [3.05, 3.63) is 75.8 Å². The zero-order valence-electron chi connectivity index (χ0n) is 12.9. The Morgan fingerprint density at radius 1 is 1.04 bits per heavy atom. The molecule has 1 aromatic heterocycles. The Hall–Kier alpha value is -1.66. The summed E-state index contributed by atoms with van der Waals surface area (Å²) >= 11 is 24.0. The van der Waals surface area contributed by atoms with Crippen LogP contribution in [0, 0.1) is 0 Å². The summed E-state index contributed by atoms with van der Waals surface area (Å²) in [7, 11) is 0. The molecular formula is C17H13Cl3N4S. The van der Waals surface area contributed by atoms with Crippen LogP contribution in [0.15, 0.2) is 55.1 Å². The van der Waals surface area contributed by atoms with E-state index in [4.69, 9.17) is 47.0 Å². The zero-order valence-corrected chi connectivity index (χ0v) is 16.0. The van der Waals surface area contributed by atoms with Crippen LogP contribution in [-0.4, -0.2) is 19.8 Å². The first-order valence-electron chi connectivity index (χ1n) is 7.35. The Bertz CT molecular complexity index is 866. The molecule has 0 aliphatic heterocycles. The van der Waals surface area contributed by atoms with Gasteiger partial charge in [-0.2, -0.15) is 5.10 Å². The molecule has 8 heteroatoms. The summed E-state index contributed by atoms with van der Waals surface area (Å²) < 4.78 is 1.67. The fraction of sp³-hybridized carbons (Fsp3) is 0.118. The van der Waals surface area contributed by atoms with Gasteiger partial charge in [-0.3, -0.25) is 0 Å². The van der Waals surface area contributed by atoms with Crippen molar-refractivity contribution in [3.63, 3.8) is 0 Å². The lowest BCUT2D eigenvalue weighted by Crippen LogP contribution is -2.32. The summed E-state index contributed by atoms with van der Waals surface area (Å²) in [6, 6.07) is 12.9. The van der Waals surface area contributed by atoms with Crippen molar-refractivity contribution in [2.75, 3.05) is 4.90 Å². The van der Waals surface area contributed by atoms with Crippen molar-refractivity contribution in [1.82, 2.24) is 14.8 Å². The standard InChI is InChI=1S/C17H13Cl3N4S/c18-13-3-1-12(2-4-13)8-24(16-6-5-14(19)7-15(16)20)17(25)9-23-11-21-10-22-23/h1-7,10-11H,8-9H2. The van der Waals surface area contributed by atoms with Crippen molar-refractivity contribution >= 4 is 57.7 Å². The van der Waals surface area contributed by atoms with Gasteiger partial charge in [0.1, 0.15) is 17.6 Å². The van der Waals surface area contributed by atoms with Crippen LogP contribution < -0.4 is 4.90 Å². The van der Waals surface area contributed by atoms with Crippen LogP contribution in [0.2, 0.25) is 15.1 Å². The van der Waals surface area contributed by atoms with E-state index in [1.54, 1.807) is 23.1 Å². The molecule has 0 fully saturated rings. The van der Waals surface area contributed by atoms with Crippen LogP contribution in [0.4, 0.5) is 5.69 Å². The molecular weight excluding hydrogens is 399 g/mol. The van der Waals surface area contributed by atoms with Crippen LogP contribution in [0.1, 0.15) is 5.56 Å². The molecule has 0 unspecified atom stereocenters. The van der Waals surface area contributed by atoms with Gasteiger partial charge in [0, 0.05) is 16.6 Å². The van der Waals surface area contributed by atoms with Gasteiger partial charge in [0.05, 0.1) is 17.3 Å². The van der Waals surface area contributed by atoms with Crippen molar-refractivity contribution in [2.45, 2.75) is 13.1 Å². The highest BCUT2D eigenvalue weighted by Crippen LogP contribution is 2.30. The second-order valence-electron chi connectivity index (χ2n) is 5.30. The summed E-state index contributed by atoms with van der Waals surface area (Å²) in [6.45, 7) is 0.966. The Morgan fingerprint density at radius 2 is 1.76 bits per heavy atom. The lowest BCUT2D eigenvalue weighted by atomic mass is 10.2. The highest BCUT2D eigenvalue weighted by Gasteiger charge is 2.17. The number of benzene rings is 2. The molecule has 0 aliphatic carbocycles. The highest BCUT2D eigenvalue weighted by molar-refractivity contribution is 7.80. The number of nitrogens with zero attached hydrogens (tertiary/aromatic N) is 4. The minimum atomic E-state index is 0.419. The summed E-state index contributed by atoms with van der Waals surface area (Å²) in [5, 5.41) is 5.89. The molecule has 0 aliphatic rings. The lowest BCUT2D eigenvalue weighted by molar-refractivity contribution is 0.717. The van der Waals surface area contributed by atoms with Gasteiger partial charge < -0.3 is 4.90 Å². The van der Waals surface area contributed by atoms with Crippen LogP contribution >= 0.6 is 47.0 Å². The van der Waals surface area contributed by atoms with Gasteiger partial charge in [0.2, 0.25) is 0 Å². The number of hydrogen-bond donors (Lipinski definition) is 0. The molecule has 1 heterocycles. The van der Waals surface area contributed by atoms with Gasteiger partial charge in [0.25, 0.3) is 0 Å². The molecule has 4 nitrogen and oxygen atoms in total. The highest BCUT2D eigenvalue weighted by atomic mass is 35.5. The van der Waals surface area contributed by atoms with E-state index in [9.17, 15) is 0 Å². The Morgan fingerprint density at radius 3 is 2.40 bits per heavy atom. The lowest BCUT2D eigenvalue weighted by Gasteiger charge is -2.26. The average Bonchev–Trinajstić information content (AvgIpc) is 3.08. The number of anilines is 1. The van der Waals surface area contributed by atoms with Crippen molar-refractivity contribution in [2.24, 2.45) is 0 Å². The summed E-state index contributed by atoms with van der Waals surface area (Å²) in [4.78, 5) is 6.56. The molecule has 0 spiro atoms. The van der Waals surface area contributed by atoms with Crippen LogP contribution in [-0.2, 0) is 13.1 Å². The van der Waals surface area contributed by atoms with Crippen molar-refractivity contribution < 1.29 is 0 Å². The van der Waals surface area contributed by atoms with Crippen LogP contribution in [0.25, 0.3) is 0 Å². The maximum atomic E-state index is 6.40. The van der Waals surface area contributed by atoms with Gasteiger partial charge in [-0.1, -0.05) is 59.2 Å². The van der Waals surface area contributed by atoms with E-state index in [1.165, 1.54) is 6.33 Å². The Balaban J connectivity index is 1.92. The fourth-order valence-corrected chi connectivity index (χ4v) is 3.25. The first-order chi connectivity index (χ1) is 12.0. The Kier molecular flexibility index (Phi) is 5.91. The minimum Gasteiger partial charge on any atom is -0.329 e. The van der Waals surface area contributed by atoms with Gasteiger partial charge in [-0.05, 0) is 35.9 Å². The first kappa shape index (κ1) is 18.1. The molecule has 3 rings (SSSR count). The maximum absolute atomic E-state index is 6.40. The molecule has 0 atom stereocenters. The summed E-state index contributed by atoms with van der Waals surface area (Å²) in [6.07, 6.45) is 3.09. The summed E-state index contributed by atoms with van der Waals surface area (Å²) in [5.41, 5.74) is 1.84. The number of hydrogen-bond acceptors (Lipinski definition) is 3. The molecule has 128 valence electrons. The van der Waals surface area contributed by atoms with E-state index in [0.717, 1.165) is 11.3 Å². The van der Waals surface area contributed by atoms with E-state index >= 15 is 0 Å². The monoisotopic (exact) mass is 410 g/mol. The molecule has 0 N–H and O–H groups in total. The Labute approximate surface area is 165 Å². The van der Waals surface area contributed by atoms with Gasteiger partial charge in [0.15, 0.2) is 0 Å². The van der Waals surface area contributed by atoms with Gasteiger partial charge >= 0.3 is 0 Å². The van der Waals surface area contributed by atoms with Crippen molar-refractivity contribution in [1.29, 1.82) is 0 Å². The molecule has 0 bridgehead atoms. The van der Waals surface area contributed by atoms with Gasteiger partial charge in [-0.15, -0.1) is 0 Å². The second kappa shape index (κ2) is 8.15. The molecule has 25 heavy (non-hydrogen) atoms. The fourth-order valence-electron chi connectivity index (χ4n) is 2.32. The zero-order chi connectivity index (χ0) is 17.8. The van der Waals surface area contributed by atoms with E-state index in [0.29, 0.717) is 33.1 Å². The van der Waals surface area contributed by atoms with Crippen LogP contribution in [0.5, 0.6) is 0 Å². The predicted octanol–water partition coefficient (Wildman–Crippen LogP) is 5.27. The van der Waals surface area contributed by atoms with Gasteiger partial charge in [-0.25, -0.2) is 9.67 Å². The second-order valence-corrected chi connectivity index (χ2v) is 7.05. The molecule has 0 saturated carbocycles. The SMILES string of the molecule is S=C(Cn1cncn1)N(Cc1ccc(Cl)cc1)c1ccc(Cl)cc1Cl. The number of thiocarbonyl (C=S) groups is 1. The third-order valence-electron chi connectivity index (χ3n) is 3.52. The van der Waals surface area contributed by atoms with E-state index < -0.39 is 0 Å². The quantitative estimate of drug-likeness (QED) is 0.535. The largest absolute Gasteiger partial charge is 0.329 e. The smallest absolute Gasteiger partial charge is 0.137 e. The maximum Gasteiger partial charge on any atom is 0.137 e. The third-order valence-corrected chi connectivity index (χ3v) is 4.66. The number of aromatic nitrogens is 3. The normalized spacial score (nSPS) is 10.7. The number of rotatable bonds is 5. The van der Waals surface area contributed by atoms with E-state index in [-0.39, 0.29) is 0 Å². The van der Waals surface area contributed by atoms with E-state index in [1.807, 2.05) is 35.2 Å². The topological polar surface area (TPSA) is 34.0 Å². The predicted molar refractivity (Wildman–Crippen MR) is 107 cm³/mol. The first-order valence-corrected chi connectivity index (χ1v) is 8.89. The summed E-state index contributed by atoms with van der Waals surface area (Å²) in [5.74, 6) is 0. The molecule has 0 amide bonds. The third kappa shape index (κ3) is 4.70. The molecule has 2 aromatic carbocycles. The molecule has 0 saturated heterocycles. The van der Waals surface area contributed by atoms with Crippen LogP contribution in [0.3, 0.4) is 0 Å². The van der Waals surface area contributed by atoms with E-state index in [2.05, 4.69) is 10.1 Å². The number of halogens is 3.